The Bertz CT molecular complexity index is 608. The van der Waals surface area contributed by atoms with Crippen LogP contribution >= 0.6 is 12.2 Å². The molecule has 0 spiro atoms. The van der Waals surface area contributed by atoms with Crippen molar-refractivity contribution in [1.82, 2.24) is 5.32 Å². The van der Waals surface area contributed by atoms with Gasteiger partial charge in [-0.3, -0.25) is 0 Å². The second kappa shape index (κ2) is 8.54. The Morgan fingerprint density at radius 1 is 0.955 bits per heavy atom. The van der Waals surface area contributed by atoms with E-state index in [-0.39, 0.29) is 0 Å². The molecular formula is C19H24N2S. The van der Waals surface area contributed by atoms with E-state index >= 15 is 0 Å². The number of benzene rings is 2. The lowest BCUT2D eigenvalue weighted by Crippen LogP contribution is -2.29. The molecular weight excluding hydrogens is 288 g/mol. The van der Waals surface area contributed by atoms with Gasteiger partial charge in [0, 0.05) is 12.2 Å². The van der Waals surface area contributed by atoms with Gasteiger partial charge in [-0.25, -0.2) is 0 Å². The van der Waals surface area contributed by atoms with Gasteiger partial charge in [-0.05, 0) is 68.1 Å². The summed E-state index contributed by atoms with van der Waals surface area (Å²) in [6.45, 7) is 5.13. The van der Waals surface area contributed by atoms with Gasteiger partial charge in [0.25, 0.3) is 0 Å². The summed E-state index contributed by atoms with van der Waals surface area (Å²) in [6.07, 6.45) is 3.41. The number of aryl methyl sites for hydroxylation is 2. The largest absolute Gasteiger partial charge is 0.362 e. The van der Waals surface area contributed by atoms with Crippen molar-refractivity contribution in [3.05, 3.63) is 65.2 Å². The highest BCUT2D eigenvalue weighted by atomic mass is 32.1. The van der Waals surface area contributed by atoms with E-state index in [2.05, 4.69) is 66.9 Å². The van der Waals surface area contributed by atoms with E-state index in [9.17, 15) is 0 Å². The van der Waals surface area contributed by atoms with E-state index in [0.29, 0.717) is 5.11 Å². The molecule has 116 valence electrons. The highest BCUT2D eigenvalue weighted by Gasteiger charge is 2.02. The van der Waals surface area contributed by atoms with Crippen LogP contribution in [0.3, 0.4) is 0 Å². The van der Waals surface area contributed by atoms with Crippen molar-refractivity contribution in [3.8, 4) is 0 Å². The Morgan fingerprint density at radius 2 is 1.73 bits per heavy atom. The molecule has 0 aliphatic rings. The Hall–Kier alpha value is -1.87. The topological polar surface area (TPSA) is 24.1 Å². The van der Waals surface area contributed by atoms with Crippen LogP contribution in [0.25, 0.3) is 0 Å². The van der Waals surface area contributed by atoms with Crippen LogP contribution in [0, 0.1) is 13.8 Å². The normalized spacial score (nSPS) is 10.3. The fourth-order valence-corrected chi connectivity index (χ4v) is 2.57. The van der Waals surface area contributed by atoms with E-state index in [1.54, 1.807) is 0 Å². The monoisotopic (exact) mass is 312 g/mol. The van der Waals surface area contributed by atoms with Gasteiger partial charge in [0.2, 0.25) is 0 Å². The molecule has 0 unspecified atom stereocenters. The van der Waals surface area contributed by atoms with E-state index in [0.717, 1.165) is 25.1 Å². The molecule has 0 aliphatic heterocycles. The van der Waals surface area contributed by atoms with Crippen LogP contribution in [0.2, 0.25) is 0 Å². The summed E-state index contributed by atoms with van der Waals surface area (Å²) < 4.78 is 0. The predicted octanol–water partition coefficient (Wildman–Crippen LogP) is 4.61. The highest BCUT2D eigenvalue weighted by molar-refractivity contribution is 7.80. The van der Waals surface area contributed by atoms with Crippen LogP contribution < -0.4 is 10.6 Å². The minimum absolute atomic E-state index is 0.702. The minimum atomic E-state index is 0.702. The molecule has 0 fully saturated rings. The number of unbranched alkanes of at least 4 members (excludes halogenated alkanes) is 1. The van der Waals surface area contributed by atoms with Crippen LogP contribution in [0.1, 0.15) is 29.5 Å². The van der Waals surface area contributed by atoms with Gasteiger partial charge in [0.05, 0.1) is 0 Å². The zero-order valence-corrected chi connectivity index (χ0v) is 14.2. The standard InChI is InChI=1S/C19H24N2S/c1-15-9-8-13-18(16(15)2)21-19(22)20-14-7-6-12-17-10-4-3-5-11-17/h3-5,8-11,13H,6-7,12,14H2,1-2H3,(H2,20,21,22). The molecule has 2 N–H and O–H groups in total. The fourth-order valence-electron chi connectivity index (χ4n) is 2.35. The van der Waals surface area contributed by atoms with E-state index in [1.165, 1.54) is 23.1 Å². The zero-order chi connectivity index (χ0) is 15.8. The summed E-state index contributed by atoms with van der Waals surface area (Å²) in [5, 5.41) is 7.27. The van der Waals surface area contributed by atoms with Crippen molar-refractivity contribution < 1.29 is 0 Å². The van der Waals surface area contributed by atoms with Crippen molar-refractivity contribution in [2.75, 3.05) is 11.9 Å². The summed E-state index contributed by atoms with van der Waals surface area (Å²) in [7, 11) is 0. The van der Waals surface area contributed by atoms with Crippen molar-refractivity contribution in [2.24, 2.45) is 0 Å². The summed E-state index contributed by atoms with van der Waals surface area (Å²) in [5.41, 5.74) is 5.01. The molecule has 0 radical (unpaired) electrons. The third-order valence-electron chi connectivity index (χ3n) is 3.87. The molecule has 2 aromatic carbocycles. The van der Waals surface area contributed by atoms with Gasteiger partial charge < -0.3 is 10.6 Å². The first kappa shape index (κ1) is 16.5. The zero-order valence-electron chi connectivity index (χ0n) is 13.4. The summed E-state index contributed by atoms with van der Waals surface area (Å²) in [4.78, 5) is 0. The van der Waals surface area contributed by atoms with Gasteiger partial charge >= 0.3 is 0 Å². The van der Waals surface area contributed by atoms with Crippen LogP contribution in [-0.4, -0.2) is 11.7 Å². The van der Waals surface area contributed by atoms with E-state index in [1.807, 2.05) is 6.07 Å². The van der Waals surface area contributed by atoms with Gasteiger partial charge in [-0.15, -0.1) is 0 Å². The van der Waals surface area contributed by atoms with Crippen LogP contribution in [-0.2, 0) is 6.42 Å². The molecule has 2 nitrogen and oxygen atoms in total. The third-order valence-corrected chi connectivity index (χ3v) is 4.12. The molecule has 3 heteroatoms. The summed E-state index contributed by atoms with van der Waals surface area (Å²) in [6, 6.07) is 16.8. The molecule has 0 bridgehead atoms. The molecule has 0 amide bonds. The molecule has 0 aliphatic carbocycles. The number of anilines is 1. The van der Waals surface area contributed by atoms with Gasteiger partial charge in [-0.2, -0.15) is 0 Å². The lowest BCUT2D eigenvalue weighted by Gasteiger charge is -2.13. The first-order valence-electron chi connectivity index (χ1n) is 7.82. The molecule has 2 aromatic rings. The van der Waals surface area contributed by atoms with Crippen LogP contribution in [0.4, 0.5) is 5.69 Å². The third kappa shape index (κ3) is 5.15. The number of nitrogens with one attached hydrogen (secondary N) is 2. The quantitative estimate of drug-likeness (QED) is 0.601. The van der Waals surface area contributed by atoms with Crippen molar-refractivity contribution >= 4 is 23.0 Å². The molecule has 2 rings (SSSR count). The smallest absolute Gasteiger partial charge is 0.170 e. The molecule has 22 heavy (non-hydrogen) atoms. The molecule has 0 atom stereocenters. The molecule has 0 saturated heterocycles. The Kier molecular flexibility index (Phi) is 6.41. The van der Waals surface area contributed by atoms with Crippen molar-refractivity contribution in [3.63, 3.8) is 0 Å². The maximum Gasteiger partial charge on any atom is 0.170 e. The minimum Gasteiger partial charge on any atom is -0.362 e. The number of hydrogen-bond acceptors (Lipinski definition) is 1. The Labute approximate surface area is 139 Å². The van der Waals surface area contributed by atoms with Crippen molar-refractivity contribution in [1.29, 1.82) is 0 Å². The predicted molar refractivity (Wildman–Crippen MR) is 99.5 cm³/mol. The number of thiocarbonyl (C=S) groups is 1. The molecule has 0 aromatic heterocycles. The maximum absolute atomic E-state index is 5.36. The average Bonchev–Trinajstić information content (AvgIpc) is 2.52. The van der Waals surface area contributed by atoms with Gasteiger partial charge in [0.1, 0.15) is 0 Å². The molecule has 0 saturated carbocycles. The van der Waals surface area contributed by atoms with E-state index in [4.69, 9.17) is 12.2 Å². The van der Waals surface area contributed by atoms with Gasteiger partial charge in [0.15, 0.2) is 5.11 Å². The SMILES string of the molecule is Cc1cccc(NC(=S)NCCCCc2ccccc2)c1C. The van der Waals surface area contributed by atoms with Crippen LogP contribution in [0.5, 0.6) is 0 Å². The second-order valence-electron chi connectivity index (χ2n) is 5.57. The first-order valence-corrected chi connectivity index (χ1v) is 8.22. The first-order chi connectivity index (χ1) is 10.7. The summed E-state index contributed by atoms with van der Waals surface area (Å²) >= 11 is 5.36. The molecule has 0 heterocycles. The van der Waals surface area contributed by atoms with Crippen molar-refractivity contribution in [2.45, 2.75) is 33.1 Å². The Balaban J connectivity index is 1.67. The maximum atomic E-state index is 5.36. The summed E-state index contributed by atoms with van der Waals surface area (Å²) in [5.74, 6) is 0. The van der Waals surface area contributed by atoms with Gasteiger partial charge in [-0.1, -0.05) is 42.5 Å². The number of rotatable bonds is 6. The van der Waals surface area contributed by atoms with E-state index < -0.39 is 0 Å². The number of hydrogen-bond donors (Lipinski definition) is 2. The lowest BCUT2D eigenvalue weighted by molar-refractivity contribution is 0.711. The second-order valence-corrected chi connectivity index (χ2v) is 5.98. The Morgan fingerprint density at radius 3 is 2.50 bits per heavy atom. The highest BCUT2D eigenvalue weighted by Crippen LogP contribution is 2.17. The lowest BCUT2D eigenvalue weighted by atomic mass is 10.1. The van der Waals surface area contributed by atoms with Crippen LogP contribution in [0.15, 0.2) is 48.5 Å². The average molecular weight is 312 g/mol. The fraction of sp³-hybridized carbons (Fsp3) is 0.316.